The van der Waals surface area contributed by atoms with Gasteiger partial charge in [-0.05, 0) is 37.4 Å². The second-order valence-electron chi connectivity index (χ2n) is 2.85. The van der Waals surface area contributed by atoms with Gasteiger partial charge in [-0.25, -0.2) is 0 Å². The van der Waals surface area contributed by atoms with E-state index in [0.29, 0.717) is 6.54 Å². The Morgan fingerprint density at radius 3 is 2.58 bits per heavy atom. The van der Waals surface area contributed by atoms with E-state index in [1.807, 2.05) is 12.1 Å². The lowest BCUT2D eigenvalue weighted by atomic mass is 10.1. The molecule has 1 rings (SSSR count). The molecular weight excluding hydrogens is 150 g/mol. The molecule has 0 heterocycles. The number of rotatable bonds is 4. The Hall–Kier alpha value is -1.02. The Labute approximate surface area is 73.0 Å². The summed E-state index contributed by atoms with van der Waals surface area (Å²) in [5, 5.41) is 11.2. The highest BCUT2D eigenvalue weighted by Crippen LogP contribution is 2.18. The van der Waals surface area contributed by atoms with E-state index in [1.54, 1.807) is 12.1 Å². The van der Waals surface area contributed by atoms with Gasteiger partial charge in [-0.2, -0.15) is 0 Å². The molecule has 0 spiro atoms. The molecule has 0 aliphatic rings. The topological polar surface area (TPSA) is 45.9 Å². The van der Waals surface area contributed by atoms with Crippen molar-refractivity contribution >= 4 is 0 Å². The van der Waals surface area contributed by atoms with E-state index < -0.39 is 0 Å². The SMILES string of the molecule is NCCCCc1ccccc1[O]. The maximum absolute atomic E-state index is 11.2. The fraction of sp³-hybridized carbons (Fsp3) is 0.400. The largest absolute Gasteiger partial charge is 0.330 e. The van der Waals surface area contributed by atoms with Crippen LogP contribution in [0.4, 0.5) is 0 Å². The summed E-state index contributed by atoms with van der Waals surface area (Å²) in [6.45, 7) is 0.709. The van der Waals surface area contributed by atoms with Gasteiger partial charge in [0, 0.05) is 0 Å². The summed E-state index contributed by atoms with van der Waals surface area (Å²) in [7, 11) is 0. The van der Waals surface area contributed by atoms with Crippen molar-refractivity contribution in [1.29, 1.82) is 0 Å². The highest BCUT2D eigenvalue weighted by Gasteiger charge is 1.99. The molecule has 0 amide bonds. The molecular formula is C10H14NO. The van der Waals surface area contributed by atoms with Crippen LogP contribution < -0.4 is 5.73 Å². The molecule has 2 N–H and O–H groups in total. The van der Waals surface area contributed by atoms with E-state index in [2.05, 4.69) is 0 Å². The molecule has 65 valence electrons. The van der Waals surface area contributed by atoms with E-state index in [-0.39, 0.29) is 5.75 Å². The summed E-state index contributed by atoms with van der Waals surface area (Å²) >= 11 is 0. The number of unbranched alkanes of at least 4 members (excludes halogenated alkanes) is 1. The van der Waals surface area contributed by atoms with Crippen LogP contribution in [0.15, 0.2) is 24.3 Å². The van der Waals surface area contributed by atoms with Crippen molar-refractivity contribution in [3.63, 3.8) is 0 Å². The van der Waals surface area contributed by atoms with E-state index in [4.69, 9.17) is 5.73 Å². The molecule has 0 aliphatic heterocycles. The third kappa shape index (κ3) is 2.55. The molecule has 1 aromatic carbocycles. The van der Waals surface area contributed by atoms with Crippen molar-refractivity contribution in [1.82, 2.24) is 0 Å². The predicted octanol–water partition coefficient (Wildman–Crippen LogP) is 2.11. The van der Waals surface area contributed by atoms with Gasteiger partial charge in [0.2, 0.25) is 0 Å². The monoisotopic (exact) mass is 164 g/mol. The molecule has 0 fully saturated rings. The van der Waals surface area contributed by atoms with Crippen molar-refractivity contribution in [2.45, 2.75) is 19.3 Å². The quantitative estimate of drug-likeness (QED) is 0.680. The van der Waals surface area contributed by atoms with E-state index >= 15 is 0 Å². The van der Waals surface area contributed by atoms with Crippen LogP contribution in [0.1, 0.15) is 18.4 Å². The summed E-state index contributed by atoms with van der Waals surface area (Å²) in [5.74, 6) is 0.148. The molecule has 0 saturated carbocycles. The Bertz CT molecular complexity index is 235. The third-order valence-electron chi connectivity index (χ3n) is 1.87. The lowest BCUT2D eigenvalue weighted by molar-refractivity contribution is 0.349. The second kappa shape index (κ2) is 4.78. The van der Waals surface area contributed by atoms with Crippen molar-refractivity contribution < 1.29 is 5.11 Å². The summed E-state index contributed by atoms with van der Waals surface area (Å²) in [6.07, 6.45) is 2.86. The maximum Gasteiger partial charge on any atom is 0.181 e. The highest BCUT2D eigenvalue weighted by atomic mass is 16.3. The average Bonchev–Trinajstić information content (AvgIpc) is 2.09. The number of para-hydroxylation sites is 1. The number of aryl methyl sites for hydroxylation is 1. The van der Waals surface area contributed by atoms with Gasteiger partial charge in [-0.15, -0.1) is 0 Å². The Kier molecular flexibility index (Phi) is 3.61. The van der Waals surface area contributed by atoms with Crippen LogP contribution in [0.3, 0.4) is 0 Å². The zero-order valence-corrected chi connectivity index (χ0v) is 7.12. The second-order valence-corrected chi connectivity index (χ2v) is 2.85. The first-order chi connectivity index (χ1) is 5.84. The lowest BCUT2D eigenvalue weighted by Gasteiger charge is -2.00. The van der Waals surface area contributed by atoms with Crippen molar-refractivity contribution in [2.75, 3.05) is 6.54 Å². The Morgan fingerprint density at radius 2 is 1.92 bits per heavy atom. The van der Waals surface area contributed by atoms with Crippen LogP contribution in [0, 0.1) is 0 Å². The average molecular weight is 164 g/mol. The first kappa shape index (κ1) is 9.07. The van der Waals surface area contributed by atoms with Gasteiger partial charge in [-0.1, -0.05) is 18.2 Å². The van der Waals surface area contributed by atoms with Gasteiger partial charge in [0.05, 0.1) is 0 Å². The lowest BCUT2D eigenvalue weighted by Crippen LogP contribution is -1.98. The molecule has 12 heavy (non-hydrogen) atoms. The van der Waals surface area contributed by atoms with Crippen LogP contribution >= 0.6 is 0 Å². The number of hydrogen-bond acceptors (Lipinski definition) is 1. The molecule has 0 saturated heterocycles. The number of benzene rings is 1. The number of hydrogen-bond donors (Lipinski definition) is 1. The molecule has 1 aromatic rings. The molecule has 0 atom stereocenters. The maximum atomic E-state index is 11.2. The van der Waals surface area contributed by atoms with Crippen LogP contribution in [0.5, 0.6) is 5.75 Å². The zero-order valence-electron chi connectivity index (χ0n) is 7.12. The van der Waals surface area contributed by atoms with Crippen LogP contribution in [-0.2, 0) is 11.5 Å². The summed E-state index contributed by atoms with van der Waals surface area (Å²) in [6, 6.07) is 7.17. The summed E-state index contributed by atoms with van der Waals surface area (Å²) < 4.78 is 0. The van der Waals surface area contributed by atoms with E-state index in [1.165, 1.54) is 0 Å². The summed E-state index contributed by atoms with van der Waals surface area (Å²) in [5.41, 5.74) is 6.26. The highest BCUT2D eigenvalue weighted by molar-refractivity contribution is 5.31. The van der Waals surface area contributed by atoms with Crippen LogP contribution in [-0.4, -0.2) is 6.54 Å². The van der Waals surface area contributed by atoms with Crippen LogP contribution in [0.25, 0.3) is 0 Å². The van der Waals surface area contributed by atoms with Crippen molar-refractivity contribution in [3.8, 4) is 5.75 Å². The molecule has 2 heteroatoms. The first-order valence-electron chi connectivity index (χ1n) is 4.29. The van der Waals surface area contributed by atoms with Crippen molar-refractivity contribution in [3.05, 3.63) is 29.8 Å². The fourth-order valence-corrected chi connectivity index (χ4v) is 1.17. The van der Waals surface area contributed by atoms with Crippen molar-refractivity contribution in [2.24, 2.45) is 5.73 Å². The molecule has 1 radical (unpaired) electrons. The molecule has 0 bridgehead atoms. The molecule has 0 unspecified atom stereocenters. The normalized spacial score (nSPS) is 10.1. The van der Waals surface area contributed by atoms with Gasteiger partial charge in [0.1, 0.15) is 0 Å². The van der Waals surface area contributed by atoms with Gasteiger partial charge < -0.3 is 5.73 Å². The third-order valence-corrected chi connectivity index (χ3v) is 1.87. The smallest absolute Gasteiger partial charge is 0.181 e. The molecule has 0 aromatic heterocycles. The van der Waals surface area contributed by atoms with Crippen LogP contribution in [0.2, 0.25) is 0 Å². The zero-order chi connectivity index (χ0) is 8.81. The van der Waals surface area contributed by atoms with Gasteiger partial charge in [0.25, 0.3) is 0 Å². The molecule has 0 aliphatic carbocycles. The minimum absolute atomic E-state index is 0.148. The van der Waals surface area contributed by atoms with Gasteiger partial charge in [-0.3, -0.25) is 5.11 Å². The van der Waals surface area contributed by atoms with Gasteiger partial charge >= 0.3 is 0 Å². The van der Waals surface area contributed by atoms with Gasteiger partial charge in [0.15, 0.2) is 5.75 Å². The summed E-state index contributed by atoms with van der Waals surface area (Å²) in [4.78, 5) is 0. The first-order valence-corrected chi connectivity index (χ1v) is 4.29. The Morgan fingerprint density at radius 1 is 1.17 bits per heavy atom. The minimum atomic E-state index is 0.148. The standard InChI is InChI=1S/C10H14NO/c11-8-4-3-6-9-5-1-2-7-10(9)12/h1-2,5,7H,3-4,6,8,11H2. The van der Waals surface area contributed by atoms with E-state index in [0.717, 1.165) is 24.8 Å². The Balaban J connectivity index is 2.46. The number of nitrogens with two attached hydrogens (primary N) is 1. The predicted molar refractivity (Wildman–Crippen MR) is 48.6 cm³/mol. The fourth-order valence-electron chi connectivity index (χ4n) is 1.17. The van der Waals surface area contributed by atoms with E-state index in [9.17, 15) is 5.11 Å². The molecule has 2 nitrogen and oxygen atoms in total. The minimum Gasteiger partial charge on any atom is -0.330 e.